The topological polar surface area (TPSA) is 25.8 Å². The van der Waals surface area contributed by atoms with Crippen LogP contribution in [0.4, 0.5) is 4.39 Å². The zero-order valence-corrected chi connectivity index (χ0v) is 8.72. The Morgan fingerprint density at radius 3 is 2.50 bits per heavy atom. The van der Waals surface area contributed by atoms with E-state index in [0.29, 0.717) is 11.2 Å². The molecule has 1 rings (SSSR count). The van der Waals surface area contributed by atoms with Gasteiger partial charge in [-0.2, -0.15) is 0 Å². The Hall–Kier alpha value is 0.464. The Morgan fingerprint density at radius 1 is 1.40 bits per heavy atom. The second-order valence-corrected chi connectivity index (χ2v) is 2.02. The van der Waals surface area contributed by atoms with Gasteiger partial charge in [0.1, 0.15) is 0 Å². The summed E-state index contributed by atoms with van der Waals surface area (Å²) in [5.41, 5.74) is 0. The largest absolute Gasteiger partial charge is 0.448 e. The number of hydrogen-bond acceptors (Lipinski definition) is 3. The van der Waals surface area contributed by atoms with Crippen molar-refractivity contribution >= 4 is 11.8 Å². The molecule has 5 heteroatoms. The summed E-state index contributed by atoms with van der Waals surface area (Å²) in [5, 5.41) is 0.431. The van der Waals surface area contributed by atoms with Crippen LogP contribution in [0.5, 0.6) is 0 Å². The first kappa shape index (κ1) is 10.5. The zero-order chi connectivity index (χ0) is 6.53. The molecule has 0 amide bonds. The molecule has 1 aromatic rings. The fourth-order valence-electron chi connectivity index (χ4n) is 0.386. The molecule has 0 N–H and O–H groups in total. The number of hydrogen-bond donors (Lipinski definition) is 0. The molecule has 10 heavy (non-hydrogen) atoms. The Kier molecular flexibility index (Phi) is 6.48. The number of rotatable bonds is 2. The summed E-state index contributed by atoms with van der Waals surface area (Å²) in [6.45, 7) is 0. The van der Waals surface area contributed by atoms with Gasteiger partial charge in [-0.1, -0.05) is 0 Å². The standard InChI is InChI=1S/C5H4FN2S.Y/c6-4-9-5-7-2-1-3-8-5;/h1-4H;/q-1;. The van der Waals surface area contributed by atoms with Crippen LogP contribution in [0.25, 0.3) is 0 Å². The van der Waals surface area contributed by atoms with Crippen LogP contribution in [-0.2, 0) is 32.7 Å². The molecule has 1 radical (unpaired) electrons. The summed E-state index contributed by atoms with van der Waals surface area (Å²) < 4.78 is 11.4. The van der Waals surface area contributed by atoms with Crippen LogP contribution in [0.15, 0.2) is 23.6 Å². The third kappa shape index (κ3) is 3.59. The first-order chi connectivity index (χ1) is 4.43. The number of aromatic nitrogens is 2. The van der Waals surface area contributed by atoms with E-state index in [0.717, 1.165) is 11.8 Å². The van der Waals surface area contributed by atoms with Crippen molar-refractivity contribution in [3.8, 4) is 0 Å². The minimum atomic E-state index is 0. The van der Waals surface area contributed by atoms with Crippen molar-refractivity contribution in [1.82, 2.24) is 9.97 Å². The maximum Gasteiger partial charge on any atom is 0.157 e. The number of nitrogens with zero attached hydrogens (tertiary/aromatic N) is 2. The molecule has 0 aliphatic carbocycles. The third-order valence-electron chi connectivity index (χ3n) is 0.692. The predicted molar refractivity (Wildman–Crippen MR) is 33.3 cm³/mol. The Morgan fingerprint density at radius 2 is 2.00 bits per heavy atom. The summed E-state index contributed by atoms with van der Waals surface area (Å²) in [4.78, 5) is 7.50. The quantitative estimate of drug-likeness (QED) is 0.440. The van der Waals surface area contributed by atoms with Gasteiger partial charge in [0.2, 0.25) is 0 Å². The Balaban J connectivity index is 0.000000810. The Labute approximate surface area is 87.9 Å². The van der Waals surface area contributed by atoms with Crippen LogP contribution < -0.4 is 0 Å². The molecular weight excluding hydrogens is 228 g/mol. The molecule has 0 fully saturated rings. The van der Waals surface area contributed by atoms with E-state index in [9.17, 15) is 4.39 Å². The Bertz CT molecular complexity index is 173. The molecule has 51 valence electrons. The molecule has 1 heterocycles. The molecule has 0 saturated carbocycles. The smallest absolute Gasteiger partial charge is 0.157 e. The average molecular weight is 232 g/mol. The maximum absolute atomic E-state index is 11.4. The van der Waals surface area contributed by atoms with E-state index in [-0.39, 0.29) is 32.7 Å². The van der Waals surface area contributed by atoms with Crippen LogP contribution in [0, 0.1) is 6.01 Å². The van der Waals surface area contributed by atoms with Crippen LogP contribution >= 0.6 is 11.8 Å². The van der Waals surface area contributed by atoms with E-state index in [2.05, 4.69) is 9.97 Å². The normalized spacial score (nSPS) is 8.50. The van der Waals surface area contributed by atoms with Crippen LogP contribution in [0.3, 0.4) is 0 Å². The van der Waals surface area contributed by atoms with Gasteiger partial charge in [-0.3, -0.25) is 0 Å². The maximum atomic E-state index is 11.4. The number of thioether (sulfide) groups is 1. The van der Waals surface area contributed by atoms with Gasteiger partial charge in [-0.05, 0) is 6.07 Å². The summed E-state index contributed by atoms with van der Waals surface area (Å²) in [6, 6.07) is 2.14. The monoisotopic (exact) mass is 232 g/mol. The second kappa shape index (κ2) is 6.19. The van der Waals surface area contributed by atoms with Crippen LogP contribution in [-0.4, -0.2) is 9.97 Å². The molecule has 0 atom stereocenters. The zero-order valence-electron chi connectivity index (χ0n) is 5.07. The van der Waals surface area contributed by atoms with Crippen molar-refractivity contribution in [2.24, 2.45) is 0 Å². The predicted octanol–water partition coefficient (Wildman–Crippen LogP) is 1.65. The molecule has 1 aromatic heterocycles. The van der Waals surface area contributed by atoms with E-state index in [1.165, 1.54) is 0 Å². The van der Waals surface area contributed by atoms with Gasteiger partial charge in [0, 0.05) is 45.1 Å². The molecule has 0 saturated heterocycles. The SMILES string of the molecule is F[CH-]Sc1ncccn1.[Y]. The summed E-state index contributed by atoms with van der Waals surface area (Å²) >= 11 is 0.861. The van der Waals surface area contributed by atoms with E-state index >= 15 is 0 Å². The molecular formula is C5H4FN2SY-. The third-order valence-corrected chi connectivity index (χ3v) is 1.20. The summed E-state index contributed by atoms with van der Waals surface area (Å²) in [6.07, 6.45) is 3.14. The molecule has 0 spiro atoms. The van der Waals surface area contributed by atoms with E-state index in [4.69, 9.17) is 0 Å². The molecule has 0 bridgehead atoms. The van der Waals surface area contributed by atoms with E-state index < -0.39 is 0 Å². The molecule has 0 aromatic carbocycles. The van der Waals surface area contributed by atoms with Gasteiger partial charge < -0.3 is 4.39 Å². The van der Waals surface area contributed by atoms with Crippen molar-refractivity contribution in [2.75, 3.05) is 0 Å². The van der Waals surface area contributed by atoms with Gasteiger partial charge in [0.15, 0.2) is 5.16 Å². The minimum Gasteiger partial charge on any atom is -0.448 e. The first-order valence-electron chi connectivity index (χ1n) is 2.29. The van der Waals surface area contributed by atoms with Crippen molar-refractivity contribution in [1.29, 1.82) is 0 Å². The second-order valence-electron chi connectivity index (χ2n) is 1.24. The first-order valence-corrected chi connectivity index (χ1v) is 3.17. The van der Waals surface area contributed by atoms with Gasteiger partial charge in [-0.25, -0.2) is 21.7 Å². The average Bonchev–Trinajstić information content (AvgIpc) is 1.91. The van der Waals surface area contributed by atoms with Gasteiger partial charge >= 0.3 is 0 Å². The van der Waals surface area contributed by atoms with E-state index in [1.807, 2.05) is 0 Å². The fraction of sp³-hybridized carbons (Fsp3) is 0. The van der Waals surface area contributed by atoms with Crippen molar-refractivity contribution in [3.05, 3.63) is 24.5 Å². The van der Waals surface area contributed by atoms with Crippen LogP contribution in [0.2, 0.25) is 0 Å². The minimum absolute atomic E-state index is 0. The van der Waals surface area contributed by atoms with Gasteiger partial charge in [0.25, 0.3) is 0 Å². The van der Waals surface area contributed by atoms with E-state index in [1.54, 1.807) is 18.5 Å². The van der Waals surface area contributed by atoms with Crippen molar-refractivity contribution in [2.45, 2.75) is 5.16 Å². The van der Waals surface area contributed by atoms with Crippen molar-refractivity contribution in [3.63, 3.8) is 0 Å². The van der Waals surface area contributed by atoms with Crippen molar-refractivity contribution < 1.29 is 37.1 Å². The van der Waals surface area contributed by atoms with Crippen LogP contribution in [0.1, 0.15) is 0 Å². The summed E-state index contributed by atoms with van der Waals surface area (Å²) in [5.74, 6) is 0. The molecule has 0 unspecified atom stereocenters. The molecule has 0 aliphatic rings. The summed E-state index contributed by atoms with van der Waals surface area (Å²) in [7, 11) is 0. The van der Waals surface area contributed by atoms with Gasteiger partial charge in [-0.15, -0.1) is 6.01 Å². The van der Waals surface area contributed by atoms with Gasteiger partial charge in [0.05, 0.1) is 0 Å². The molecule has 2 nitrogen and oxygen atoms in total. The molecule has 0 aliphatic heterocycles. The fourth-order valence-corrected chi connectivity index (χ4v) is 0.709. The number of halogens is 1.